The first kappa shape index (κ1) is 12.5. The minimum atomic E-state index is -0.441. The number of nitrogens with one attached hydrogen (secondary N) is 2. The van der Waals surface area contributed by atoms with Crippen molar-refractivity contribution < 1.29 is 4.79 Å². The molecule has 22 heavy (non-hydrogen) atoms. The van der Waals surface area contributed by atoms with E-state index in [-0.39, 0.29) is 5.82 Å². The molecule has 3 heterocycles. The molecule has 8 heteroatoms. The second-order valence-corrected chi connectivity index (χ2v) is 4.79. The predicted molar refractivity (Wildman–Crippen MR) is 79.6 cm³/mol. The average molecular weight is 293 g/mol. The third-order valence-corrected chi connectivity index (χ3v) is 3.25. The molecule has 0 aliphatic carbocycles. The van der Waals surface area contributed by atoms with E-state index in [2.05, 4.69) is 30.4 Å². The van der Waals surface area contributed by atoms with Crippen LogP contribution in [0.25, 0.3) is 16.8 Å². The van der Waals surface area contributed by atoms with Crippen molar-refractivity contribution in [1.29, 1.82) is 0 Å². The van der Waals surface area contributed by atoms with Crippen LogP contribution < -0.4 is 5.32 Å². The molecule has 3 aromatic heterocycles. The molecule has 0 fully saturated rings. The molecule has 0 aliphatic rings. The number of amides is 1. The molecule has 0 saturated carbocycles. The summed E-state index contributed by atoms with van der Waals surface area (Å²) in [5.41, 5.74) is 2.47. The molecule has 1 amide bonds. The van der Waals surface area contributed by atoms with E-state index in [1.807, 2.05) is 31.2 Å². The quantitative estimate of drug-likeness (QED) is 0.584. The van der Waals surface area contributed by atoms with E-state index in [0.29, 0.717) is 11.7 Å². The Balaban J connectivity index is 1.66. The Morgan fingerprint density at radius 2 is 2.09 bits per heavy atom. The van der Waals surface area contributed by atoms with Gasteiger partial charge in [-0.05, 0) is 25.1 Å². The van der Waals surface area contributed by atoms with Gasteiger partial charge in [-0.15, -0.1) is 5.10 Å². The van der Waals surface area contributed by atoms with Gasteiger partial charge in [-0.1, -0.05) is 12.1 Å². The number of fused-ring (bicyclic) bond motifs is 2. The molecule has 0 unspecified atom stereocenters. The van der Waals surface area contributed by atoms with Gasteiger partial charge in [0, 0.05) is 11.9 Å². The predicted octanol–water partition coefficient (Wildman–Crippen LogP) is 1.56. The number of aromatic amines is 1. The minimum absolute atomic E-state index is 0.0438. The summed E-state index contributed by atoms with van der Waals surface area (Å²) in [7, 11) is 0. The van der Waals surface area contributed by atoms with E-state index in [1.54, 1.807) is 12.3 Å². The zero-order valence-corrected chi connectivity index (χ0v) is 11.6. The largest absolute Gasteiger partial charge is 0.324 e. The van der Waals surface area contributed by atoms with Gasteiger partial charge in [-0.25, -0.2) is 14.5 Å². The number of aryl methyl sites for hydroxylation is 1. The molecule has 0 bridgehead atoms. The molecule has 4 rings (SSSR count). The first-order valence-corrected chi connectivity index (χ1v) is 6.65. The Hall–Kier alpha value is -3.29. The van der Waals surface area contributed by atoms with Crippen molar-refractivity contribution in [3.05, 3.63) is 48.0 Å². The fourth-order valence-electron chi connectivity index (χ4n) is 2.18. The van der Waals surface area contributed by atoms with Crippen molar-refractivity contribution in [2.75, 3.05) is 5.32 Å². The minimum Gasteiger partial charge on any atom is -0.324 e. The van der Waals surface area contributed by atoms with Crippen LogP contribution in [0.5, 0.6) is 0 Å². The van der Waals surface area contributed by atoms with Crippen LogP contribution in [-0.2, 0) is 0 Å². The summed E-state index contributed by atoms with van der Waals surface area (Å²) in [6.45, 7) is 1.87. The molecule has 2 N–H and O–H groups in total. The van der Waals surface area contributed by atoms with E-state index in [9.17, 15) is 4.79 Å². The van der Waals surface area contributed by atoms with Crippen molar-refractivity contribution in [3.63, 3.8) is 0 Å². The summed E-state index contributed by atoms with van der Waals surface area (Å²) >= 11 is 0. The zero-order valence-electron chi connectivity index (χ0n) is 11.6. The highest BCUT2D eigenvalue weighted by Crippen LogP contribution is 2.13. The number of carbonyl (C=O) groups excluding carboxylic acids is 1. The lowest BCUT2D eigenvalue weighted by Gasteiger charge is -1.96. The van der Waals surface area contributed by atoms with Crippen molar-refractivity contribution in [2.45, 2.75) is 6.92 Å². The van der Waals surface area contributed by atoms with Crippen LogP contribution >= 0.6 is 0 Å². The molecule has 8 nitrogen and oxygen atoms in total. The lowest BCUT2D eigenvalue weighted by atomic mass is 10.3. The summed E-state index contributed by atoms with van der Waals surface area (Å²) in [6.07, 6.45) is 1.63. The lowest BCUT2D eigenvalue weighted by molar-refractivity contribution is 0.101. The number of benzene rings is 1. The van der Waals surface area contributed by atoms with Crippen LogP contribution in [0.15, 0.2) is 36.5 Å². The van der Waals surface area contributed by atoms with Crippen LogP contribution in [0.2, 0.25) is 0 Å². The topological polar surface area (TPSA) is 101 Å². The summed E-state index contributed by atoms with van der Waals surface area (Å²) in [6, 6.07) is 9.31. The van der Waals surface area contributed by atoms with Gasteiger partial charge in [0.25, 0.3) is 11.7 Å². The molecular formula is C14H11N7O. The molecule has 0 atom stereocenters. The highest BCUT2D eigenvalue weighted by atomic mass is 16.2. The number of hydrogen-bond acceptors (Lipinski definition) is 5. The number of carbonyl (C=O) groups is 1. The Morgan fingerprint density at radius 1 is 1.23 bits per heavy atom. The zero-order chi connectivity index (χ0) is 15.1. The van der Waals surface area contributed by atoms with Gasteiger partial charge in [-0.2, -0.15) is 4.98 Å². The highest BCUT2D eigenvalue weighted by molar-refractivity contribution is 6.01. The van der Waals surface area contributed by atoms with Crippen molar-refractivity contribution in [2.24, 2.45) is 0 Å². The number of rotatable bonds is 2. The monoisotopic (exact) mass is 293 g/mol. The van der Waals surface area contributed by atoms with Gasteiger partial charge in [-0.3, -0.25) is 10.1 Å². The summed E-state index contributed by atoms with van der Waals surface area (Å²) in [5, 5.41) is 6.81. The molecule has 0 aliphatic heterocycles. The number of hydrogen-bond donors (Lipinski definition) is 2. The second-order valence-electron chi connectivity index (χ2n) is 4.79. The number of nitrogens with zero attached hydrogens (tertiary/aromatic N) is 5. The SMILES string of the molecule is Cc1ccnc2nc(C(=O)Nc3nc4ccccc4[nH]3)nn12. The van der Waals surface area contributed by atoms with E-state index in [0.717, 1.165) is 16.7 Å². The molecule has 4 aromatic rings. The fourth-order valence-corrected chi connectivity index (χ4v) is 2.18. The van der Waals surface area contributed by atoms with Crippen LogP contribution in [0.4, 0.5) is 5.95 Å². The maximum Gasteiger partial charge on any atom is 0.297 e. The van der Waals surface area contributed by atoms with Crippen molar-refractivity contribution in [3.8, 4) is 0 Å². The Morgan fingerprint density at radius 3 is 2.91 bits per heavy atom. The highest BCUT2D eigenvalue weighted by Gasteiger charge is 2.16. The molecular weight excluding hydrogens is 282 g/mol. The summed E-state index contributed by atoms with van der Waals surface area (Å²) < 4.78 is 1.52. The van der Waals surface area contributed by atoms with E-state index in [1.165, 1.54) is 4.52 Å². The lowest BCUT2D eigenvalue weighted by Crippen LogP contribution is -2.15. The average Bonchev–Trinajstić information content (AvgIpc) is 3.10. The number of imidazole rings is 1. The Bertz CT molecular complexity index is 968. The van der Waals surface area contributed by atoms with Gasteiger partial charge < -0.3 is 4.98 Å². The molecule has 108 valence electrons. The molecule has 0 spiro atoms. The maximum absolute atomic E-state index is 12.2. The Kier molecular flexibility index (Phi) is 2.62. The van der Waals surface area contributed by atoms with Gasteiger partial charge in [0.1, 0.15) is 0 Å². The molecule has 0 radical (unpaired) electrons. The third-order valence-electron chi connectivity index (χ3n) is 3.25. The first-order valence-electron chi connectivity index (χ1n) is 6.65. The summed E-state index contributed by atoms with van der Waals surface area (Å²) in [5.74, 6) is 0.343. The van der Waals surface area contributed by atoms with E-state index >= 15 is 0 Å². The third kappa shape index (κ3) is 1.97. The first-order chi connectivity index (χ1) is 10.7. The summed E-state index contributed by atoms with van der Waals surface area (Å²) in [4.78, 5) is 27.7. The fraction of sp³-hybridized carbons (Fsp3) is 0.0714. The second kappa shape index (κ2) is 4.62. The standard InChI is InChI=1S/C14H11N7O/c1-8-6-7-15-14-18-11(20-21(8)14)12(22)19-13-16-9-4-2-3-5-10(9)17-13/h2-7H,1H3,(H2,16,17,19,22). The van der Waals surface area contributed by atoms with Gasteiger partial charge >= 0.3 is 0 Å². The van der Waals surface area contributed by atoms with Crippen molar-refractivity contribution in [1.82, 2.24) is 29.5 Å². The van der Waals surface area contributed by atoms with Gasteiger partial charge in [0.15, 0.2) is 0 Å². The van der Waals surface area contributed by atoms with Gasteiger partial charge in [0.2, 0.25) is 11.8 Å². The molecule has 1 aromatic carbocycles. The van der Waals surface area contributed by atoms with Gasteiger partial charge in [0.05, 0.1) is 11.0 Å². The normalized spacial score (nSPS) is 11.1. The number of anilines is 1. The smallest absolute Gasteiger partial charge is 0.297 e. The Labute approximate surface area is 124 Å². The molecule has 0 saturated heterocycles. The number of para-hydroxylation sites is 2. The van der Waals surface area contributed by atoms with Crippen LogP contribution in [0.3, 0.4) is 0 Å². The van der Waals surface area contributed by atoms with E-state index in [4.69, 9.17) is 0 Å². The maximum atomic E-state index is 12.2. The van der Waals surface area contributed by atoms with Crippen LogP contribution in [-0.4, -0.2) is 35.5 Å². The van der Waals surface area contributed by atoms with Crippen LogP contribution in [0.1, 0.15) is 16.3 Å². The number of H-pyrrole nitrogens is 1. The van der Waals surface area contributed by atoms with Crippen molar-refractivity contribution >= 4 is 28.7 Å². The number of aromatic nitrogens is 6. The van der Waals surface area contributed by atoms with Crippen LogP contribution in [0, 0.1) is 6.92 Å². The van der Waals surface area contributed by atoms with E-state index < -0.39 is 5.91 Å².